The third-order valence-corrected chi connectivity index (χ3v) is 3.54. The van der Waals surface area contributed by atoms with Gasteiger partial charge in [-0.05, 0) is 24.6 Å². The van der Waals surface area contributed by atoms with Gasteiger partial charge < -0.3 is 14.8 Å². The van der Waals surface area contributed by atoms with E-state index < -0.39 is 17.3 Å². The normalized spacial score (nSPS) is 10.9. The second-order valence-corrected chi connectivity index (χ2v) is 5.10. The van der Waals surface area contributed by atoms with Crippen molar-refractivity contribution in [3.8, 4) is 5.88 Å². The van der Waals surface area contributed by atoms with E-state index in [1.165, 1.54) is 30.5 Å². The van der Waals surface area contributed by atoms with Crippen LogP contribution in [0.15, 0.2) is 35.3 Å². The van der Waals surface area contributed by atoms with Gasteiger partial charge in [-0.2, -0.15) is 9.61 Å². The minimum atomic E-state index is -0.645. The molecule has 1 aromatic carbocycles. The van der Waals surface area contributed by atoms with Crippen LogP contribution in [0.5, 0.6) is 5.88 Å². The van der Waals surface area contributed by atoms with Crippen molar-refractivity contribution < 1.29 is 19.0 Å². The molecule has 24 heavy (non-hydrogen) atoms. The average Bonchev–Trinajstić information content (AvgIpc) is 2.97. The standard InChI is InChI=1S/C16H14FN3O4/c1-2-24-16(23)12-8-18-20-13(12)19-14(21)11(15(20)22)7-9-3-5-10(17)6-4-9/h3-6,8,22H,2,7H2,1H3,(H,19,21). The fourth-order valence-electron chi connectivity index (χ4n) is 2.37. The number of benzene rings is 1. The highest BCUT2D eigenvalue weighted by atomic mass is 19.1. The van der Waals surface area contributed by atoms with Gasteiger partial charge in [0, 0.05) is 6.42 Å². The first kappa shape index (κ1) is 15.7. The zero-order valence-electron chi connectivity index (χ0n) is 12.7. The summed E-state index contributed by atoms with van der Waals surface area (Å²) >= 11 is 0. The van der Waals surface area contributed by atoms with Crippen molar-refractivity contribution in [2.24, 2.45) is 0 Å². The molecule has 3 rings (SSSR count). The van der Waals surface area contributed by atoms with E-state index in [4.69, 9.17) is 4.74 Å². The predicted molar refractivity (Wildman–Crippen MR) is 82.6 cm³/mol. The van der Waals surface area contributed by atoms with Gasteiger partial charge in [0.2, 0.25) is 5.88 Å². The summed E-state index contributed by atoms with van der Waals surface area (Å²) in [7, 11) is 0. The Hall–Kier alpha value is -3.16. The molecule has 0 spiro atoms. The molecule has 0 unspecified atom stereocenters. The van der Waals surface area contributed by atoms with Crippen LogP contribution in [0, 0.1) is 5.82 Å². The molecule has 0 fully saturated rings. The third-order valence-electron chi connectivity index (χ3n) is 3.54. The number of nitrogens with zero attached hydrogens (tertiary/aromatic N) is 2. The van der Waals surface area contributed by atoms with Crippen LogP contribution in [0.3, 0.4) is 0 Å². The lowest BCUT2D eigenvalue weighted by Crippen LogP contribution is -2.17. The quantitative estimate of drug-likeness (QED) is 0.708. The zero-order chi connectivity index (χ0) is 17.3. The number of hydrogen-bond acceptors (Lipinski definition) is 5. The van der Waals surface area contributed by atoms with E-state index in [1.807, 2.05) is 0 Å². The number of aromatic hydroxyl groups is 1. The largest absolute Gasteiger partial charge is 0.493 e. The van der Waals surface area contributed by atoms with Crippen molar-refractivity contribution >= 4 is 11.6 Å². The number of halogens is 1. The highest BCUT2D eigenvalue weighted by Crippen LogP contribution is 2.20. The van der Waals surface area contributed by atoms with Crippen molar-refractivity contribution in [3.63, 3.8) is 0 Å². The molecule has 0 aliphatic heterocycles. The Morgan fingerprint density at radius 2 is 2.08 bits per heavy atom. The Balaban J connectivity index is 2.06. The average molecular weight is 331 g/mol. The number of nitrogens with one attached hydrogen (secondary N) is 1. The van der Waals surface area contributed by atoms with Crippen molar-refractivity contribution in [1.29, 1.82) is 0 Å². The van der Waals surface area contributed by atoms with Crippen LogP contribution in [0.4, 0.5) is 4.39 Å². The molecule has 0 atom stereocenters. The number of aromatic nitrogens is 3. The Labute approximate surface area is 135 Å². The summed E-state index contributed by atoms with van der Waals surface area (Å²) in [6.07, 6.45) is 1.30. The Bertz CT molecular complexity index is 960. The van der Waals surface area contributed by atoms with Crippen molar-refractivity contribution in [2.75, 3.05) is 6.61 Å². The highest BCUT2D eigenvalue weighted by molar-refractivity contribution is 5.95. The predicted octanol–water partition coefficient (Wildman–Crippen LogP) is 1.63. The Morgan fingerprint density at radius 3 is 2.75 bits per heavy atom. The molecule has 124 valence electrons. The maximum absolute atomic E-state index is 13.0. The SMILES string of the molecule is CCOC(=O)c1cnn2c(O)c(Cc3ccc(F)cc3)c(=O)[nH]c12. The van der Waals surface area contributed by atoms with Crippen LogP contribution in [-0.4, -0.2) is 32.3 Å². The summed E-state index contributed by atoms with van der Waals surface area (Å²) in [5.74, 6) is -1.42. The molecule has 2 aromatic heterocycles. The molecule has 3 aromatic rings. The van der Waals surface area contributed by atoms with E-state index in [2.05, 4.69) is 10.1 Å². The number of ether oxygens (including phenoxy) is 1. The molecule has 0 bridgehead atoms. The van der Waals surface area contributed by atoms with Gasteiger partial charge >= 0.3 is 5.97 Å². The van der Waals surface area contributed by atoms with E-state index >= 15 is 0 Å². The highest BCUT2D eigenvalue weighted by Gasteiger charge is 2.20. The maximum atomic E-state index is 13.0. The van der Waals surface area contributed by atoms with Crippen LogP contribution in [-0.2, 0) is 11.2 Å². The molecule has 0 saturated carbocycles. The van der Waals surface area contributed by atoms with Crippen LogP contribution >= 0.6 is 0 Å². The molecular formula is C16H14FN3O4. The number of hydrogen-bond donors (Lipinski definition) is 2. The van der Waals surface area contributed by atoms with Crippen LogP contribution < -0.4 is 5.56 Å². The maximum Gasteiger partial charge on any atom is 0.343 e. The summed E-state index contributed by atoms with van der Waals surface area (Å²) in [6.45, 7) is 1.83. The lowest BCUT2D eigenvalue weighted by molar-refractivity contribution is 0.0528. The first-order valence-electron chi connectivity index (χ1n) is 7.24. The number of H-pyrrole nitrogens is 1. The molecule has 0 aliphatic rings. The van der Waals surface area contributed by atoms with Crippen LogP contribution in [0.25, 0.3) is 5.65 Å². The molecular weight excluding hydrogens is 317 g/mol. The summed E-state index contributed by atoms with van der Waals surface area (Å²) in [5.41, 5.74) is 0.258. The number of esters is 1. The lowest BCUT2D eigenvalue weighted by atomic mass is 10.1. The molecule has 2 heterocycles. The van der Waals surface area contributed by atoms with Gasteiger partial charge in [-0.1, -0.05) is 12.1 Å². The van der Waals surface area contributed by atoms with E-state index in [1.54, 1.807) is 6.92 Å². The summed E-state index contributed by atoms with van der Waals surface area (Å²) in [4.78, 5) is 26.6. The molecule has 0 saturated heterocycles. The Morgan fingerprint density at radius 1 is 1.38 bits per heavy atom. The fourth-order valence-corrected chi connectivity index (χ4v) is 2.37. The minimum absolute atomic E-state index is 0.0533. The number of aromatic amines is 1. The van der Waals surface area contributed by atoms with E-state index in [9.17, 15) is 19.1 Å². The second kappa shape index (κ2) is 6.15. The minimum Gasteiger partial charge on any atom is -0.493 e. The van der Waals surface area contributed by atoms with Gasteiger partial charge in [0.05, 0.1) is 18.4 Å². The summed E-state index contributed by atoms with van der Waals surface area (Å²) in [5, 5.41) is 14.2. The van der Waals surface area contributed by atoms with Crippen molar-refractivity contribution in [1.82, 2.24) is 14.6 Å². The molecule has 0 aliphatic carbocycles. The first-order chi connectivity index (χ1) is 11.5. The smallest absolute Gasteiger partial charge is 0.343 e. The molecule has 0 amide bonds. The van der Waals surface area contributed by atoms with E-state index in [-0.39, 0.29) is 35.7 Å². The first-order valence-corrected chi connectivity index (χ1v) is 7.24. The summed E-state index contributed by atoms with van der Waals surface area (Å²) in [6, 6.07) is 5.58. The molecule has 7 nitrogen and oxygen atoms in total. The van der Waals surface area contributed by atoms with E-state index in [0.29, 0.717) is 5.56 Å². The van der Waals surface area contributed by atoms with Crippen molar-refractivity contribution in [3.05, 3.63) is 63.3 Å². The van der Waals surface area contributed by atoms with E-state index in [0.717, 1.165) is 4.52 Å². The Kier molecular flexibility index (Phi) is 4.03. The monoisotopic (exact) mass is 331 g/mol. The lowest BCUT2D eigenvalue weighted by Gasteiger charge is -2.06. The molecule has 8 heteroatoms. The van der Waals surface area contributed by atoms with Crippen LogP contribution in [0.1, 0.15) is 28.4 Å². The van der Waals surface area contributed by atoms with Gasteiger partial charge in [0.1, 0.15) is 11.4 Å². The fraction of sp³-hybridized carbons (Fsp3) is 0.188. The molecule has 0 radical (unpaired) electrons. The van der Waals surface area contributed by atoms with Gasteiger partial charge in [-0.3, -0.25) is 4.79 Å². The van der Waals surface area contributed by atoms with Gasteiger partial charge in [-0.25, -0.2) is 9.18 Å². The number of rotatable bonds is 4. The number of carbonyl (C=O) groups is 1. The van der Waals surface area contributed by atoms with Crippen LogP contribution in [0.2, 0.25) is 0 Å². The second-order valence-electron chi connectivity index (χ2n) is 5.10. The van der Waals surface area contributed by atoms with Gasteiger partial charge in [0.15, 0.2) is 5.65 Å². The number of carbonyl (C=O) groups excluding carboxylic acids is 1. The number of fused-ring (bicyclic) bond motifs is 1. The molecule has 2 N–H and O–H groups in total. The van der Waals surface area contributed by atoms with Crippen molar-refractivity contribution in [2.45, 2.75) is 13.3 Å². The topological polar surface area (TPSA) is 96.7 Å². The zero-order valence-corrected chi connectivity index (χ0v) is 12.7. The third kappa shape index (κ3) is 2.73. The van der Waals surface area contributed by atoms with Gasteiger partial charge in [0.25, 0.3) is 5.56 Å². The summed E-state index contributed by atoms with van der Waals surface area (Å²) < 4.78 is 18.9. The van der Waals surface area contributed by atoms with Gasteiger partial charge in [-0.15, -0.1) is 0 Å².